The van der Waals surface area contributed by atoms with Gasteiger partial charge >= 0.3 is 6.03 Å². The Balaban J connectivity index is 2.61. The Morgan fingerprint density at radius 3 is 2.64 bits per heavy atom. The van der Waals surface area contributed by atoms with Gasteiger partial charge in [-0.3, -0.25) is 0 Å². The van der Waals surface area contributed by atoms with Crippen molar-refractivity contribution in [1.82, 2.24) is 10.6 Å². The Morgan fingerprint density at radius 2 is 2.14 bits per heavy atom. The molecule has 0 saturated heterocycles. The second-order valence-electron chi connectivity index (χ2n) is 6.18. The molecule has 0 spiro atoms. The second-order valence-corrected chi connectivity index (χ2v) is 6.18. The van der Waals surface area contributed by atoms with E-state index in [-0.39, 0.29) is 30.2 Å². The van der Waals surface area contributed by atoms with Crippen molar-refractivity contribution in [2.45, 2.75) is 39.8 Å². The van der Waals surface area contributed by atoms with Crippen molar-refractivity contribution in [1.29, 1.82) is 5.26 Å². The Bertz CT molecular complexity index is 561. The maximum absolute atomic E-state index is 13.7. The Morgan fingerprint density at radius 1 is 1.45 bits per heavy atom. The van der Waals surface area contributed by atoms with Gasteiger partial charge < -0.3 is 15.7 Å². The molecule has 1 aromatic carbocycles. The lowest BCUT2D eigenvalue weighted by Crippen LogP contribution is -2.48. The molecule has 22 heavy (non-hydrogen) atoms. The van der Waals surface area contributed by atoms with Crippen LogP contribution in [0.3, 0.4) is 0 Å². The minimum atomic E-state index is -0.526. The molecule has 5 nitrogen and oxygen atoms in total. The summed E-state index contributed by atoms with van der Waals surface area (Å²) in [7, 11) is 0. The van der Waals surface area contributed by atoms with E-state index in [1.807, 2.05) is 26.8 Å². The normalized spacial score (nSPS) is 12.4. The molecule has 0 aromatic heterocycles. The molecule has 1 atom stereocenters. The van der Waals surface area contributed by atoms with Crippen molar-refractivity contribution in [3.8, 4) is 6.07 Å². The molecule has 0 unspecified atom stereocenters. The first-order valence-electron chi connectivity index (χ1n) is 7.11. The maximum Gasteiger partial charge on any atom is 0.315 e. The van der Waals surface area contributed by atoms with Gasteiger partial charge in [0.1, 0.15) is 5.82 Å². The molecular weight excluding hydrogens is 285 g/mol. The predicted molar refractivity (Wildman–Crippen MR) is 81.4 cm³/mol. The van der Waals surface area contributed by atoms with Crippen LogP contribution < -0.4 is 10.6 Å². The standard InChI is InChI=1S/C16H22FN3O2/c1-16(2,3)14(6-7-21)20-15(22)19-10-12-5-4-11(9-18)8-13(12)17/h4-5,8,14,21H,6-7,10H2,1-3H3,(H2,19,20,22)/t14-/m0/s1. The van der Waals surface area contributed by atoms with Crippen LogP contribution in [-0.2, 0) is 6.54 Å². The van der Waals surface area contributed by atoms with Crippen molar-refractivity contribution in [2.75, 3.05) is 6.61 Å². The third kappa shape index (κ3) is 5.34. The first-order valence-corrected chi connectivity index (χ1v) is 7.11. The van der Waals surface area contributed by atoms with Crippen molar-refractivity contribution in [2.24, 2.45) is 5.41 Å². The minimum absolute atomic E-state index is 0.0214. The fraction of sp³-hybridized carbons (Fsp3) is 0.500. The van der Waals surface area contributed by atoms with Crippen LogP contribution in [0.4, 0.5) is 9.18 Å². The van der Waals surface area contributed by atoms with E-state index < -0.39 is 11.8 Å². The van der Waals surface area contributed by atoms with Gasteiger partial charge in [0.05, 0.1) is 11.6 Å². The lowest BCUT2D eigenvalue weighted by molar-refractivity contribution is 0.189. The minimum Gasteiger partial charge on any atom is -0.396 e. The first kappa shape index (κ1) is 17.9. The van der Waals surface area contributed by atoms with Crippen LogP contribution in [0.5, 0.6) is 0 Å². The third-order valence-electron chi connectivity index (χ3n) is 3.39. The van der Waals surface area contributed by atoms with E-state index in [0.717, 1.165) is 6.07 Å². The second kappa shape index (κ2) is 7.76. The monoisotopic (exact) mass is 307 g/mol. The molecule has 120 valence electrons. The zero-order chi connectivity index (χ0) is 16.8. The van der Waals surface area contributed by atoms with Crippen molar-refractivity contribution >= 4 is 6.03 Å². The van der Waals surface area contributed by atoms with Crippen molar-refractivity contribution in [3.05, 3.63) is 35.1 Å². The number of aliphatic hydroxyl groups excluding tert-OH is 1. The first-order chi connectivity index (χ1) is 10.3. The third-order valence-corrected chi connectivity index (χ3v) is 3.39. The van der Waals surface area contributed by atoms with Crippen molar-refractivity contribution in [3.63, 3.8) is 0 Å². The van der Waals surface area contributed by atoms with Gasteiger partial charge in [0.2, 0.25) is 0 Å². The number of carbonyl (C=O) groups excluding carboxylic acids is 1. The summed E-state index contributed by atoms with van der Waals surface area (Å²) >= 11 is 0. The number of nitrogens with one attached hydrogen (secondary N) is 2. The summed E-state index contributed by atoms with van der Waals surface area (Å²) in [5.74, 6) is -0.526. The molecular formula is C16H22FN3O2. The molecule has 0 aliphatic rings. The number of urea groups is 1. The molecule has 6 heteroatoms. The van der Waals surface area contributed by atoms with Gasteiger partial charge in [-0.25, -0.2) is 9.18 Å². The van der Waals surface area contributed by atoms with E-state index >= 15 is 0 Å². The molecule has 0 aliphatic heterocycles. The fourth-order valence-corrected chi connectivity index (χ4v) is 2.00. The Labute approximate surface area is 130 Å². The molecule has 0 fully saturated rings. The van der Waals surface area contributed by atoms with Crippen LogP contribution >= 0.6 is 0 Å². The number of nitriles is 1. The van der Waals surface area contributed by atoms with Gasteiger partial charge in [-0.1, -0.05) is 26.8 Å². The molecule has 0 heterocycles. The molecule has 0 radical (unpaired) electrons. The van der Waals surface area contributed by atoms with E-state index in [1.54, 1.807) is 0 Å². The zero-order valence-electron chi connectivity index (χ0n) is 13.1. The maximum atomic E-state index is 13.7. The molecule has 3 N–H and O–H groups in total. The van der Waals surface area contributed by atoms with E-state index in [4.69, 9.17) is 10.4 Å². The number of amides is 2. The highest BCUT2D eigenvalue weighted by molar-refractivity contribution is 5.74. The number of rotatable bonds is 5. The van der Waals surface area contributed by atoms with Crippen LogP contribution in [0.1, 0.15) is 38.3 Å². The van der Waals surface area contributed by atoms with Gasteiger partial charge in [0, 0.05) is 24.8 Å². The zero-order valence-corrected chi connectivity index (χ0v) is 13.1. The summed E-state index contributed by atoms with van der Waals surface area (Å²) in [6.45, 7) is 5.90. The number of hydrogen-bond acceptors (Lipinski definition) is 3. The largest absolute Gasteiger partial charge is 0.396 e. The summed E-state index contributed by atoms with van der Waals surface area (Å²) in [5, 5.41) is 23.1. The van der Waals surface area contributed by atoms with Crippen LogP contribution in [0.15, 0.2) is 18.2 Å². The van der Waals surface area contributed by atoms with Gasteiger partial charge in [-0.2, -0.15) is 5.26 Å². The topological polar surface area (TPSA) is 85.2 Å². The van der Waals surface area contributed by atoms with Gasteiger partial charge in [0.25, 0.3) is 0 Å². The summed E-state index contributed by atoms with van der Waals surface area (Å²) in [5.41, 5.74) is 0.352. The number of carbonyl (C=O) groups is 1. The highest BCUT2D eigenvalue weighted by Gasteiger charge is 2.25. The summed E-state index contributed by atoms with van der Waals surface area (Å²) in [6.07, 6.45) is 0.447. The molecule has 1 aromatic rings. The van der Waals surface area contributed by atoms with Crippen LogP contribution in [0.25, 0.3) is 0 Å². The predicted octanol–water partition coefficient (Wildman–Crippen LogP) is 2.29. The molecule has 1 rings (SSSR count). The average Bonchev–Trinajstić information content (AvgIpc) is 2.44. The number of benzene rings is 1. The number of halogens is 1. The highest BCUT2D eigenvalue weighted by Crippen LogP contribution is 2.21. The van der Waals surface area contributed by atoms with Gasteiger partial charge in [-0.15, -0.1) is 0 Å². The average molecular weight is 307 g/mol. The summed E-state index contributed by atoms with van der Waals surface area (Å²) in [4.78, 5) is 11.9. The number of hydrogen-bond donors (Lipinski definition) is 3. The Hall–Kier alpha value is -2.13. The van der Waals surface area contributed by atoms with E-state index in [1.165, 1.54) is 12.1 Å². The summed E-state index contributed by atoms with van der Waals surface area (Å²) in [6, 6.07) is 5.36. The lowest BCUT2D eigenvalue weighted by Gasteiger charge is -2.31. The SMILES string of the molecule is CC(C)(C)[C@H](CCO)NC(=O)NCc1ccc(C#N)cc1F. The number of nitrogens with zero attached hydrogens (tertiary/aromatic N) is 1. The lowest BCUT2D eigenvalue weighted by atomic mass is 9.85. The van der Waals surface area contributed by atoms with E-state index in [9.17, 15) is 9.18 Å². The quantitative estimate of drug-likeness (QED) is 0.780. The summed E-state index contributed by atoms with van der Waals surface area (Å²) < 4.78 is 13.7. The molecule has 0 saturated carbocycles. The Kier molecular flexibility index (Phi) is 6.32. The van der Waals surface area contributed by atoms with Crippen LogP contribution in [0.2, 0.25) is 0 Å². The van der Waals surface area contributed by atoms with Gasteiger partial charge in [0.15, 0.2) is 0 Å². The highest BCUT2D eigenvalue weighted by atomic mass is 19.1. The van der Waals surface area contributed by atoms with Crippen molar-refractivity contribution < 1.29 is 14.3 Å². The van der Waals surface area contributed by atoms with E-state index in [2.05, 4.69) is 10.6 Å². The van der Waals surface area contributed by atoms with Crippen LogP contribution in [-0.4, -0.2) is 23.8 Å². The van der Waals surface area contributed by atoms with Gasteiger partial charge in [-0.05, 0) is 24.0 Å². The molecule has 0 aliphatic carbocycles. The smallest absolute Gasteiger partial charge is 0.315 e. The molecule has 0 bridgehead atoms. The molecule has 2 amide bonds. The fourth-order valence-electron chi connectivity index (χ4n) is 2.00. The van der Waals surface area contributed by atoms with E-state index in [0.29, 0.717) is 12.0 Å². The number of aliphatic hydroxyl groups is 1. The van der Waals surface area contributed by atoms with Crippen LogP contribution in [0, 0.1) is 22.6 Å².